The number of carboxylic acids is 1. The largest absolute Gasteiger partial charge is 0.508 e. The second kappa shape index (κ2) is 6.47. The summed E-state index contributed by atoms with van der Waals surface area (Å²) in [5.74, 6) is -1.06. The van der Waals surface area contributed by atoms with Crippen LogP contribution in [0.4, 0.5) is 0 Å². The average Bonchev–Trinajstić information content (AvgIpc) is 2.30. The number of carbonyl (C=O) groups is 1. The van der Waals surface area contributed by atoms with E-state index in [1.54, 1.807) is 31.2 Å². The maximum atomic E-state index is 10.7. The van der Waals surface area contributed by atoms with Gasteiger partial charge in [0.15, 0.2) is 0 Å². The van der Waals surface area contributed by atoms with Crippen LogP contribution in [-0.4, -0.2) is 22.2 Å². The van der Waals surface area contributed by atoms with Crippen LogP contribution in [0.2, 0.25) is 0 Å². The average molecular weight is 258 g/mol. The van der Waals surface area contributed by atoms with Crippen molar-refractivity contribution >= 4 is 17.7 Å². The van der Waals surface area contributed by atoms with Crippen molar-refractivity contribution in [2.75, 3.05) is 0 Å². The number of phenolic OH excluding ortho intramolecular Hbond substituents is 1. The minimum Gasteiger partial charge on any atom is -0.508 e. The first kappa shape index (κ1) is 13.8. The van der Waals surface area contributed by atoms with E-state index in [2.05, 4.69) is 4.84 Å². The van der Waals surface area contributed by atoms with Gasteiger partial charge in [0.2, 0.25) is 0 Å². The van der Waals surface area contributed by atoms with Crippen LogP contribution in [0.15, 0.2) is 24.3 Å². The van der Waals surface area contributed by atoms with Gasteiger partial charge in [-0.05, 0) is 42.3 Å². The van der Waals surface area contributed by atoms with E-state index in [-0.39, 0.29) is 11.8 Å². The summed E-state index contributed by atoms with van der Waals surface area (Å²) < 4.78 is 0. The lowest BCUT2D eigenvalue weighted by Crippen LogP contribution is -2.28. The van der Waals surface area contributed by atoms with Crippen LogP contribution >= 0.6 is 11.8 Å². The summed E-state index contributed by atoms with van der Waals surface area (Å²) >= 11 is 5.61. The molecule has 2 atom stereocenters. The number of hydrogen-bond donors (Lipinski definition) is 3. The highest BCUT2D eigenvalue weighted by Crippen LogP contribution is 2.15. The molecule has 3 N–H and O–H groups in total. The zero-order valence-electron chi connectivity index (χ0n) is 9.56. The molecule has 0 bridgehead atoms. The maximum Gasteiger partial charge on any atom is 0.306 e. The number of nitrogens with one attached hydrogen (secondary N) is 1. The normalized spacial score (nSPS) is 14.2. The van der Waals surface area contributed by atoms with Crippen LogP contribution in [0.1, 0.15) is 18.9 Å². The molecule has 0 aliphatic carbocycles. The smallest absolute Gasteiger partial charge is 0.306 e. The van der Waals surface area contributed by atoms with Crippen molar-refractivity contribution in [3.05, 3.63) is 29.8 Å². The van der Waals surface area contributed by atoms with Gasteiger partial charge >= 0.3 is 5.97 Å². The van der Waals surface area contributed by atoms with Crippen molar-refractivity contribution in [2.24, 2.45) is 5.92 Å². The first-order valence-corrected chi connectivity index (χ1v) is 5.77. The molecule has 17 heavy (non-hydrogen) atoms. The van der Waals surface area contributed by atoms with Gasteiger partial charge < -0.3 is 10.2 Å². The molecule has 0 aliphatic heterocycles. The van der Waals surface area contributed by atoms with Gasteiger partial charge in [-0.1, -0.05) is 19.1 Å². The van der Waals surface area contributed by atoms with E-state index in [4.69, 9.17) is 22.0 Å². The molecule has 0 heterocycles. The summed E-state index contributed by atoms with van der Waals surface area (Å²) in [5, 5.41) is 18.0. The molecule has 1 aromatic rings. The standard InChI is InChI=1S/C12H16ClNO3/c1-8(12(16)17)6-10(14-13)7-9-2-4-11(15)5-3-9/h2-5,8,10,14-15H,6-7H2,1H3,(H,16,17)/t8-,10+/m0/s1. The number of phenols is 1. The van der Waals surface area contributed by atoms with Crippen LogP contribution in [0.5, 0.6) is 5.75 Å². The quantitative estimate of drug-likeness (QED) is 0.683. The van der Waals surface area contributed by atoms with E-state index in [1.165, 1.54) is 0 Å². The molecule has 5 heteroatoms. The number of halogens is 1. The number of carboxylic acid groups (broad SMARTS) is 1. The Labute approximate surface area is 105 Å². The predicted octanol–water partition coefficient (Wildman–Crippen LogP) is 2.16. The number of benzene rings is 1. The highest BCUT2D eigenvalue weighted by molar-refractivity contribution is 6.13. The molecule has 1 rings (SSSR count). The Morgan fingerprint density at radius 3 is 2.47 bits per heavy atom. The zero-order valence-corrected chi connectivity index (χ0v) is 10.3. The number of aliphatic carboxylic acids is 1. The molecule has 0 saturated heterocycles. The molecule has 94 valence electrons. The van der Waals surface area contributed by atoms with Gasteiger partial charge in [-0.2, -0.15) is 0 Å². The summed E-state index contributed by atoms with van der Waals surface area (Å²) in [6.07, 6.45) is 1.08. The molecular formula is C12H16ClNO3. The second-order valence-electron chi connectivity index (χ2n) is 4.15. The first-order chi connectivity index (χ1) is 8.02. The highest BCUT2D eigenvalue weighted by Gasteiger charge is 2.17. The lowest BCUT2D eigenvalue weighted by molar-refractivity contribution is -0.141. The van der Waals surface area contributed by atoms with Crippen molar-refractivity contribution in [1.29, 1.82) is 0 Å². The molecule has 0 fully saturated rings. The molecule has 0 aliphatic rings. The Kier molecular flexibility index (Phi) is 5.25. The minimum absolute atomic E-state index is 0.104. The van der Waals surface area contributed by atoms with E-state index in [0.717, 1.165) is 5.56 Å². The van der Waals surface area contributed by atoms with Crippen molar-refractivity contribution in [3.63, 3.8) is 0 Å². The Bertz CT molecular complexity index is 367. The third kappa shape index (κ3) is 4.63. The predicted molar refractivity (Wildman–Crippen MR) is 66.0 cm³/mol. The van der Waals surface area contributed by atoms with Gasteiger partial charge in [0.1, 0.15) is 5.75 Å². The van der Waals surface area contributed by atoms with Gasteiger partial charge in [0.25, 0.3) is 0 Å². The molecule has 0 radical (unpaired) electrons. The van der Waals surface area contributed by atoms with E-state index in [0.29, 0.717) is 12.8 Å². The summed E-state index contributed by atoms with van der Waals surface area (Å²) in [5.41, 5.74) is 0.999. The molecule has 0 amide bonds. The van der Waals surface area contributed by atoms with Crippen molar-refractivity contribution in [1.82, 2.24) is 4.84 Å². The number of hydrogen-bond acceptors (Lipinski definition) is 3. The topological polar surface area (TPSA) is 69.6 Å². The third-order valence-corrected chi connectivity index (χ3v) is 2.94. The van der Waals surface area contributed by atoms with E-state index < -0.39 is 11.9 Å². The number of rotatable bonds is 6. The second-order valence-corrected chi connectivity index (χ2v) is 4.37. The van der Waals surface area contributed by atoms with Crippen LogP contribution < -0.4 is 4.84 Å². The van der Waals surface area contributed by atoms with Crippen LogP contribution in [-0.2, 0) is 11.2 Å². The van der Waals surface area contributed by atoms with Crippen molar-refractivity contribution in [3.8, 4) is 5.75 Å². The van der Waals surface area contributed by atoms with Gasteiger partial charge in [-0.25, -0.2) is 4.84 Å². The molecular weight excluding hydrogens is 242 g/mol. The Morgan fingerprint density at radius 2 is 2.00 bits per heavy atom. The molecule has 0 spiro atoms. The molecule has 0 aromatic heterocycles. The third-order valence-electron chi connectivity index (χ3n) is 2.63. The minimum atomic E-state index is -0.826. The Balaban J connectivity index is 2.57. The summed E-state index contributed by atoms with van der Waals surface area (Å²) in [6.45, 7) is 1.65. The monoisotopic (exact) mass is 257 g/mol. The SMILES string of the molecule is C[C@@H](C[C@H](Cc1ccc(O)cc1)NCl)C(=O)O. The fourth-order valence-electron chi connectivity index (χ4n) is 1.61. The first-order valence-electron chi connectivity index (χ1n) is 5.39. The van der Waals surface area contributed by atoms with Gasteiger partial charge in [-0.15, -0.1) is 0 Å². The molecule has 4 nitrogen and oxygen atoms in total. The van der Waals surface area contributed by atoms with E-state index in [1.807, 2.05) is 0 Å². The molecule has 0 unspecified atom stereocenters. The van der Waals surface area contributed by atoms with Crippen molar-refractivity contribution < 1.29 is 15.0 Å². The molecule has 1 aromatic carbocycles. The van der Waals surface area contributed by atoms with Gasteiger partial charge in [0, 0.05) is 6.04 Å². The Morgan fingerprint density at radius 1 is 1.41 bits per heavy atom. The fraction of sp³-hybridized carbons (Fsp3) is 0.417. The lowest BCUT2D eigenvalue weighted by atomic mass is 9.97. The van der Waals surface area contributed by atoms with Gasteiger partial charge in [0.05, 0.1) is 5.92 Å². The number of aromatic hydroxyl groups is 1. The van der Waals surface area contributed by atoms with E-state index in [9.17, 15) is 4.79 Å². The Hall–Kier alpha value is -1.26. The van der Waals surface area contributed by atoms with Gasteiger partial charge in [-0.3, -0.25) is 4.79 Å². The highest BCUT2D eigenvalue weighted by atomic mass is 35.5. The van der Waals surface area contributed by atoms with Crippen LogP contribution in [0, 0.1) is 5.92 Å². The van der Waals surface area contributed by atoms with Crippen LogP contribution in [0.25, 0.3) is 0 Å². The lowest BCUT2D eigenvalue weighted by Gasteiger charge is -2.17. The summed E-state index contributed by atoms with van der Waals surface area (Å²) in [6, 6.07) is 6.68. The van der Waals surface area contributed by atoms with E-state index >= 15 is 0 Å². The zero-order chi connectivity index (χ0) is 12.8. The summed E-state index contributed by atoms with van der Waals surface area (Å²) in [4.78, 5) is 13.3. The molecule has 0 saturated carbocycles. The van der Waals surface area contributed by atoms with Crippen LogP contribution in [0.3, 0.4) is 0 Å². The van der Waals surface area contributed by atoms with Crippen molar-refractivity contribution in [2.45, 2.75) is 25.8 Å². The maximum absolute atomic E-state index is 10.7. The summed E-state index contributed by atoms with van der Waals surface area (Å²) in [7, 11) is 0. The fourth-order valence-corrected chi connectivity index (χ4v) is 1.78.